The number of carbonyl (C=O) groups is 2. The van der Waals surface area contributed by atoms with Gasteiger partial charge in [-0.05, 0) is 72.5 Å². The third-order valence-electron chi connectivity index (χ3n) is 7.56. The lowest BCUT2D eigenvalue weighted by molar-refractivity contribution is -0.140. The Morgan fingerprint density at radius 1 is 0.894 bits per heavy atom. The second-order valence-corrected chi connectivity index (χ2v) is 14.3. The number of amides is 2. The Balaban J connectivity index is 1.82. The molecule has 0 aliphatic heterocycles. The largest absolute Gasteiger partial charge is 0.497 e. The Bertz CT molecular complexity index is 1770. The third-order valence-corrected chi connectivity index (χ3v) is 9.93. The number of benzene rings is 4. The van der Waals surface area contributed by atoms with Crippen LogP contribution in [-0.4, -0.2) is 51.4 Å². The van der Waals surface area contributed by atoms with E-state index in [4.69, 9.17) is 27.9 Å². The molecule has 0 bridgehead atoms. The molecule has 0 saturated carbocycles. The molecule has 248 valence electrons. The predicted molar refractivity (Wildman–Crippen MR) is 187 cm³/mol. The summed E-state index contributed by atoms with van der Waals surface area (Å²) in [5, 5.41) is 3.71. The van der Waals surface area contributed by atoms with Gasteiger partial charge in [0.2, 0.25) is 11.8 Å². The molecule has 0 fully saturated rings. The average molecular weight is 697 g/mol. The smallest absolute Gasteiger partial charge is 0.264 e. The third kappa shape index (κ3) is 9.50. The summed E-state index contributed by atoms with van der Waals surface area (Å²) in [5.41, 5.74) is 2.53. The van der Waals surface area contributed by atoms with E-state index in [1.54, 1.807) is 54.6 Å². The number of nitrogens with one attached hydrogen (secondary N) is 1. The molecule has 0 radical (unpaired) electrons. The highest BCUT2D eigenvalue weighted by Gasteiger charge is 2.35. The van der Waals surface area contributed by atoms with Crippen LogP contribution in [0.15, 0.2) is 102 Å². The van der Waals surface area contributed by atoms with Gasteiger partial charge in [0, 0.05) is 29.6 Å². The normalized spacial score (nSPS) is 12.0. The fraction of sp³-hybridized carbons (Fsp3) is 0.278. The number of nitrogens with zero attached hydrogens (tertiary/aromatic N) is 2. The average Bonchev–Trinajstić information content (AvgIpc) is 3.05. The Hall–Kier alpha value is -4.05. The first-order chi connectivity index (χ1) is 22.4. The predicted octanol–water partition coefficient (Wildman–Crippen LogP) is 6.92. The van der Waals surface area contributed by atoms with Crippen LogP contribution in [0.1, 0.15) is 30.5 Å². The number of ether oxygens (including phenoxy) is 1. The van der Waals surface area contributed by atoms with Crippen LogP contribution >= 0.6 is 23.2 Å². The summed E-state index contributed by atoms with van der Waals surface area (Å²) in [6.45, 7) is 5.56. The molecule has 0 spiro atoms. The molecule has 0 saturated heterocycles. The molecule has 0 aromatic heterocycles. The molecule has 0 aliphatic rings. The first-order valence-electron chi connectivity index (χ1n) is 15.2. The van der Waals surface area contributed by atoms with E-state index in [2.05, 4.69) is 5.32 Å². The van der Waals surface area contributed by atoms with Gasteiger partial charge >= 0.3 is 0 Å². The van der Waals surface area contributed by atoms with Gasteiger partial charge in [-0.3, -0.25) is 13.9 Å². The summed E-state index contributed by atoms with van der Waals surface area (Å²) in [6.07, 6.45) is 0.189. The summed E-state index contributed by atoms with van der Waals surface area (Å²) in [4.78, 5) is 29.9. The van der Waals surface area contributed by atoms with E-state index in [-0.39, 0.29) is 35.4 Å². The van der Waals surface area contributed by atoms with Crippen molar-refractivity contribution in [1.29, 1.82) is 0 Å². The Kier molecular flexibility index (Phi) is 12.3. The van der Waals surface area contributed by atoms with E-state index in [0.29, 0.717) is 27.9 Å². The molecule has 0 heterocycles. The van der Waals surface area contributed by atoms with E-state index in [9.17, 15) is 18.0 Å². The molecular formula is C36H39Cl2N3O5S. The monoisotopic (exact) mass is 695 g/mol. The number of anilines is 1. The molecule has 2 amide bonds. The summed E-state index contributed by atoms with van der Waals surface area (Å²) >= 11 is 12.8. The van der Waals surface area contributed by atoms with Crippen LogP contribution in [0.25, 0.3) is 0 Å². The SMILES string of the molecule is COc1ccc(N(CC(=O)N(Cc2ccc(Cl)cc2Cl)[C@@H](Cc2ccccc2)C(=O)NCC(C)C)S(=O)(=O)c2ccc(C)cc2)cc1. The van der Waals surface area contributed by atoms with E-state index in [1.165, 1.54) is 24.1 Å². The summed E-state index contributed by atoms with van der Waals surface area (Å²) < 4.78 is 34.7. The van der Waals surface area contributed by atoms with Gasteiger partial charge in [0.05, 0.1) is 17.7 Å². The van der Waals surface area contributed by atoms with E-state index in [1.807, 2.05) is 51.1 Å². The van der Waals surface area contributed by atoms with Gasteiger partial charge in [-0.25, -0.2) is 8.42 Å². The van der Waals surface area contributed by atoms with Crippen molar-refractivity contribution in [3.8, 4) is 5.75 Å². The molecule has 0 unspecified atom stereocenters. The maximum Gasteiger partial charge on any atom is 0.264 e. The van der Waals surface area contributed by atoms with Crippen LogP contribution in [0.5, 0.6) is 5.75 Å². The minimum Gasteiger partial charge on any atom is -0.497 e. The number of methoxy groups -OCH3 is 1. The zero-order valence-corrected chi connectivity index (χ0v) is 29.1. The molecule has 1 atom stereocenters. The Morgan fingerprint density at radius 3 is 2.15 bits per heavy atom. The highest BCUT2D eigenvalue weighted by molar-refractivity contribution is 7.92. The quantitative estimate of drug-likeness (QED) is 0.155. The van der Waals surface area contributed by atoms with Crippen LogP contribution in [-0.2, 0) is 32.6 Å². The lowest BCUT2D eigenvalue weighted by Gasteiger charge is -2.34. The van der Waals surface area contributed by atoms with Crippen LogP contribution in [0.3, 0.4) is 0 Å². The molecular weight excluding hydrogens is 657 g/mol. The number of halogens is 2. The molecule has 4 aromatic carbocycles. The van der Waals surface area contributed by atoms with Crippen LogP contribution in [0.4, 0.5) is 5.69 Å². The second kappa shape index (κ2) is 16.2. The Labute approximate surface area is 287 Å². The standard InChI is InChI=1S/C36H39Cl2N3O5S/c1-25(2)22-39-36(43)34(20-27-8-6-5-7-9-27)40(23-28-12-13-29(37)21-33(28)38)35(42)24-41(30-14-16-31(46-4)17-15-30)47(44,45)32-18-10-26(3)11-19-32/h5-19,21,25,34H,20,22-24H2,1-4H3,(H,39,43)/t34-/m0/s1. The van der Waals surface area contributed by atoms with Crippen molar-refractivity contribution in [2.75, 3.05) is 24.5 Å². The van der Waals surface area contributed by atoms with Gasteiger partial charge in [0.25, 0.3) is 10.0 Å². The fourth-order valence-electron chi connectivity index (χ4n) is 4.92. The number of carbonyl (C=O) groups excluding carboxylic acids is 2. The number of rotatable bonds is 14. The van der Waals surface area contributed by atoms with Gasteiger partial charge in [-0.15, -0.1) is 0 Å². The highest BCUT2D eigenvalue weighted by Crippen LogP contribution is 2.28. The molecule has 0 aliphatic carbocycles. The van der Waals surface area contributed by atoms with Crippen molar-refractivity contribution in [3.05, 3.63) is 124 Å². The molecule has 1 N–H and O–H groups in total. The van der Waals surface area contributed by atoms with Crippen molar-refractivity contribution in [2.24, 2.45) is 5.92 Å². The maximum atomic E-state index is 14.6. The number of aryl methyl sites for hydroxylation is 1. The molecule has 4 aromatic rings. The van der Waals surface area contributed by atoms with Crippen molar-refractivity contribution >= 4 is 50.7 Å². The van der Waals surface area contributed by atoms with Crippen molar-refractivity contribution in [3.63, 3.8) is 0 Å². The lowest BCUT2D eigenvalue weighted by Crippen LogP contribution is -2.53. The molecule has 11 heteroatoms. The van der Waals surface area contributed by atoms with Gasteiger partial charge in [0.15, 0.2) is 0 Å². The van der Waals surface area contributed by atoms with Crippen molar-refractivity contribution in [1.82, 2.24) is 10.2 Å². The van der Waals surface area contributed by atoms with Gasteiger partial charge in [0.1, 0.15) is 18.3 Å². The zero-order chi connectivity index (χ0) is 34.1. The topological polar surface area (TPSA) is 96.0 Å². The van der Waals surface area contributed by atoms with Crippen LogP contribution in [0, 0.1) is 12.8 Å². The summed E-state index contributed by atoms with van der Waals surface area (Å²) in [7, 11) is -2.72. The lowest BCUT2D eigenvalue weighted by atomic mass is 10.0. The van der Waals surface area contributed by atoms with E-state index in [0.717, 1.165) is 15.4 Å². The van der Waals surface area contributed by atoms with Gasteiger partial charge in [-0.2, -0.15) is 0 Å². The van der Waals surface area contributed by atoms with E-state index < -0.39 is 28.5 Å². The van der Waals surface area contributed by atoms with Crippen LogP contribution in [0.2, 0.25) is 10.0 Å². The number of hydrogen-bond acceptors (Lipinski definition) is 5. The first kappa shape index (κ1) is 35.8. The molecule has 8 nitrogen and oxygen atoms in total. The zero-order valence-electron chi connectivity index (χ0n) is 26.8. The minimum absolute atomic E-state index is 0.0227. The van der Waals surface area contributed by atoms with Crippen molar-refractivity contribution in [2.45, 2.75) is 44.7 Å². The molecule has 4 rings (SSSR count). The van der Waals surface area contributed by atoms with E-state index >= 15 is 0 Å². The van der Waals surface area contributed by atoms with Gasteiger partial charge < -0.3 is 15.0 Å². The summed E-state index contributed by atoms with van der Waals surface area (Å²) in [5.74, 6) is -0.269. The first-order valence-corrected chi connectivity index (χ1v) is 17.4. The van der Waals surface area contributed by atoms with Gasteiger partial charge in [-0.1, -0.05) is 91.1 Å². The number of hydrogen-bond donors (Lipinski definition) is 1. The fourth-order valence-corrected chi connectivity index (χ4v) is 6.81. The minimum atomic E-state index is -4.23. The van der Waals surface area contributed by atoms with Crippen molar-refractivity contribution < 1.29 is 22.7 Å². The number of sulfonamides is 1. The summed E-state index contributed by atoms with van der Waals surface area (Å²) in [6, 6.07) is 26.1. The Morgan fingerprint density at radius 2 is 1.55 bits per heavy atom. The molecule has 47 heavy (non-hydrogen) atoms. The second-order valence-electron chi connectivity index (χ2n) is 11.6. The van der Waals surface area contributed by atoms with Crippen LogP contribution < -0.4 is 14.4 Å². The maximum absolute atomic E-state index is 14.6. The highest BCUT2D eigenvalue weighted by atomic mass is 35.5.